The van der Waals surface area contributed by atoms with E-state index in [2.05, 4.69) is 31.1 Å². The highest BCUT2D eigenvalue weighted by molar-refractivity contribution is 9.10. The van der Waals surface area contributed by atoms with Gasteiger partial charge in [-0.15, -0.1) is 5.10 Å². The molecule has 0 aliphatic carbocycles. The normalized spacial score (nSPS) is 10.7. The van der Waals surface area contributed by atoms with Gasteiger partial charge in [-0.2, -0.15) is 0 Å². The Morgan fingerprint density at radius 1 is 1.53 bits per heavy atom. The Morgan fingerprint density at radius 3 is 3.00 bits per heavy atom. The zero-order valence-corrected chi connectivity index (χ0v) is 11.6. The Hall–Kier alpha value is -1.08. The zero-order chi connectivity index (χ0) is 12.3. The largest absolute Gasteiger partial charge is 0.343 e. The fourth-order valence-corrected chi connectivity index (χ4v) is 2.36. The summed E-state index contributed by atoms with van der Waals surface area (Å²) in [5.41, 5.74) is -0.175. The maximum absolute atomic E-state index is 11.5. The summed E-state index contributed by atoms with van der Waals surface area (Å²) >= 11 is 4.70. The van der Waals surface area contributed by atoms with Crippen LogP contribution < -0.4 is 5.69 Å². The van der Waals surface area contributed by atoms with Crippen LogP contribution in [-0.2, 0) is 6.54 Å². The number of H-pyrrole nitrogens is 1. The number of nitrogens with zero attached hydrogens (tertiary/aromatic N) is 3. The van der Waals surface area contributed by atoms with Crippen LogP contribution in [-0.4, -0.2) is 19.7 Å². The predicted octanol–water partition coefficient (Wildman–Crippen LogP) is 2.29. The number of aromatic nitrogens is 4. The lowest BCUT2D eigenvalue weighted by Gasteiger charge is -2.02. The second-order valence-corrected chi connectivity index (χ2v) is 5.28. The van der Waals surface area contributed by atoms with Crippen LogP contribution in [0.25, 0.3) is 0 Å². The summed E-state index contributed by atoms with van der Waals surface area (Å²) in [6, 6.07) is 3.79. The van der Waals surface area contributed by atoms with Gasteiger partial charge in [-0.25, -0.2) is 14.9 Å². The van der Waals surface area contributed by atoms with Crippen molar-refractivity contribution in [3.8, 4) is 0 Å². The van der Waals surface area contributed by atoms with Gasteiger partial charge in [0, 0.05) is 17.2 Å². The number of pyridine rings is 1. The van der Waals surface area contributed by atoms with Crippen molar-refractivity contribution in [2.24, 2.45) is 0 Å². The first-order chi connectivity index (χ1) is 8.20. The molecule has 0 amide bonds. The van der Waals surface area contributed by atoms with Gasteiger partial charge in [0.05, 0.1) is 0 Å². The second kappa shape index (κ2) is 5.50. The number of rotatable bonds is 4. The molecule has 0 bridgehead atoms. The van der Waals surface area contributed by atoms with E-state index in [1.807, 2.05) is 19.1 Å². The summed E-state index contributed by atoms with van der Waals surface area (Å²) in [6.45, 7) is 2.68. The van der Waals surface area contributed by atoms with Gasteiger partial charge in [-0.1, -0.05) is 6.92 Å². The first-order valence-electron chi connectivity index (χ1n) is 5.15. The summed E-state index contributed by atoms with van der Waals surface area (Å²) < 4.78 is 2.55. The van der Waals surface area contributed by atoms with Gasteiger partial charge in [0.15, 0.2) is 5.16 Å². The van der Waals surface area contributed by atoms with Crippen molar-refractivity contribution in [3.63, 3.8) is 0 Å². The standard InChI is InChI=1S/C10H11BrN4OS/c1-2-5-15-9(16)13-14-10(15)17-8-4-3-7(11)6-12-8/h3-4,6H,2,5H2,1H3,(H,13,16). The molecule has 0 radical (unpaired) electrons. The fourth-order valence-electron chi connectivity index (χ4n) is 1.32. The molecule has 90 valence electrons. The summed E-state index contributed by atoms with van der Waals surface area (Å²) in [7, 11) is 0. The Kier molecular flexibility index (Phi) is 4.01. The Bertz CT molecular complexity index is 548. The van der Waals surface area contributed by atoms with Crippen LogP contribution >= 0.6 is 27.7 Å². The molecular formula is C10H11BrN4OS. The maximum Gasteiger partial charge on any atom is 0.343 e. The highest BCUT2D eigenvalue weighted by Crippen LogP contribution is 2.23. The monoisotopic (exact) mass is 314 g/mol. The van der Waals surface area contributed by atoms with Gasteiger partial charge in [-0.3, -0.25) is 4.57 Å². The highest BCUT2D eigenvalue weighted by Gasteiger charge is 2.09. The SMILES string of the molecule is CCCn1c(Sc2ccc(Br)cn2)n[nH]c1=O. The quantitative estimate of drug-likeness (QED) is 0.940. The molecule has 2 rings (SSSR count). The molecule has 0 saturated heterocycles. The zero-order valence-electron chi connectivity index (χ0n) is 9.18. The van der Waals surface area contributed by atoms with Gasteiger partial charge in [0.2, 0.25) is 0 Å². The first kappa shape index (κ1) is 12.4. The number of aromatic amines is 1. The third kappa shape index (κ3) is 2.98. The average molecular weight is 315 g/mol. The molecule has 0 aromatic carbocycles. The fraction of sp³-hybridized carbons (Fsp3) is 0.300. The minimum Gasteiger partial charge on any atom is -0.270 e. The van der Waals surface area contributed by atoms with Crippen molar-refractivity contribution in [1.82, 2.24) is 19.7 Å². The molecule has 0 unspecified atom stereocenters. The van der Waals surface area contributed by atoms with Gasteiger partial charge in [0.1, 0.15) is 5.03 Å². The van der Waals surface area contributed by atoms with Crippen LogP contribution in [0.4, 0.5) is 0 Å². The van der Waals surface area contributed by atoms with Crippen molar-refractivity contribution in [1.29, 1.82) is 0 Å². The van der Waals surface area contributed by atoms with E-state index in [0.29, 0.717) is 11.7 Å². The van der Waals surface area contributed by atoms with Crippen molar-refractivity contribution in [2.45, 2.75) is 30.1 Å². The lowest BCUT2D eigenvalue weighted by Crippen LogP contribution is -2.17. The predicted molar refractivity (Wildman–Crippen MR) is 69.2 cm³/mol. The third-order valence-electron chi connectivity index (χ3n) is 2.07. The van der Waals surface area contributed by atoms with E-state index < -0.39 is 0 Å². The van der Waals surface area contributed by atoms with Crippen LogP contribution in [0.3, 0.4) is 0 Å². The van der Waals surface area contributed by atoms with E-state index in [4.69, 9.17) is 0 Å². The van der Waals surface area contributed by atoms with Crippen LogP contribution in [0, 0.1) is 0 Å². The van der Waals surface area contributed by atoms with E-state index in [1.54, 1.807) is 10.8 Å². The van der Waals surface area contributed by atoms with Crippen molar-refractivity contribution in [3.05, 3.63) is 33.3 Å². The average Bonchev–Trinajstić information content (AvgIpc) is 2.65. The highest BCUT2D eigenvalue weighted by atomic mass is 79.9. The van der Waals surface area contributed by atoms with Crippen LogP contribution in [0.5, 0.6) is 0 Å². The van der Waals surface area contributed by atoms with Crippen LogP contribution in [0.1, 0.15) is 13.3 Å². The maximum atomic E-state index is 11.5. The number of nitrogens with one attached hydrogen (secondary N) is 1. The van der Waals surface area contributed by atoms with Gasteiger partial charge in [0.25, 0.3) is 0 Å². The van der Waals surface area contributed by atoms with Crippen molar-refractivity contribution in [2.75, 3.05) is 0 Å². The Labute approximate surface area is 111 Å². The molecule has 0 aliphatic rings. The van der Waals surface area contributed by atoms with Gasteiger partial charge in [-0.05, 0) is 46.2 Å². The molecule has 0 atom stereocenters. The minimum atomic E-state index is -0.175. The summed E-state index contributed by atoms with van der Waals surface area (Å²) in [5.74, 6) is 0. The summed E-state index contributed by atoms with van der Waals surface area (Å²) in [4.78, 5) is 15.7. The summed E-state index contributed by atoms with van der Waals surface area (Å²) in [6.07, 6.45) is 2.61. The molecule has 5 nitrogen and oxygen atoms in total. The van der Waals surface area contributed by atoms with E-state index >= 15 is 0 Å². The smallest absolute Gasteiger partial charge is 0.270 e. The van der Waals surface area contributed by atoms with E-state index in [1.165, 1.54) is 11.8 Å². The van der Waals surface area contributed by atoms with E-state index in [9.17, 15) is 4.79 Å². The Balaban J connectivity index is 2.23. The van der Waals surface area contributed by atoms with Gasteiger partial charge >= 0.3 is 5.69 Å². The second-order valence-electron chi connectivity index (χ2n) is 3.38. The van der Waals surface area contributed by atoms with E-state index in [0.717, 1.165) is 15.9 Å². The van der Waals surface area contributed by atoms with Crippen LogP contribution in [0.2, 0.25) is 0 Å². The molecule has 7 heteroatoms. The molecule has 17 heavy (non-hydrogen) atoms. The molecular weight excluding hydrogens is 304 g/mol. The number of halogens is 1. The molecule has 0 fully saturated rings. The van der Waals surface area contributed by atoms with Crippen LogP contribution in [0.15, 0.2) is 37.8 Å². The molecule has 0 aliphatic heterocycles. The minimum absolute atomic E-state index is 0.175. The van der Waals surface area contributed by atoms with Crippen molar-refractivity contribution < 1.29 is 0 Å². The topological polar surface area (TPSA) is 63.6 Å². The molecule has 2 aromatic heterocycles. The number of hydrogen-bond donors (Lipinski definition) is 1. The summed E-state index contributed by atoms with van der Waals surface area (Å²) in [5, 5.41) is 7.90. The third-order valence-corrected chi connectivity index (χ3v) is 3.48. The lowest BCUT2D eigenvalue weighted by atomic mass is 10.5. The molecule has 0 saturated carbocycles. The first-order valence-corrected chi connectivity index (χ1v) is 6.76. The number of hydrogen-bond acceptors (Lipinski definition) is 4. The van der Waals surface area contributed by atoms with Crippen molar-refractivity contribution >= 4 is 27.7 Å². The Morgan fingerprint density at radius 2 is 2.35 bits per heavy atom. The molecule has 0 spiro atoms. The lowest BCUT2D eigenvalue weighted by molar-refractivity contribution is 0.603. The molecule has 2 aromatic rings. The molecule has 2 heterocycles. The van der Waals surface area contributed by atoms with Gasteiger partial charge < -0.3 is 0 Å². The molecule has 1 N–H and O–H groups in total. The van der Waals surface area contributed by atoms with E-state index in [-0.39, 0.29) is 5.69 Å².